The number of aromatic hydroxyl groups is 1. The van der Waals surface area contributed by atoms with E-state index in [9.17, 15) is 13.5 Å². The summed E-state index contributed by atoms with van der Waals surface area (Å²) in [4.78, 5) is 4.26. The quantitative estimate of drug-likeness (QED) is 0.732. The van der Waals surface area contributed by atoms with Gasteiger partial charge in [-0.15, -0.1) is 0 Å². The van der Waals surface area contributed by atoms with E-state index in [1.165, 1.54) is 24.4 Å². The Hall–Kier alpha value is -2.92. The van der Waals surface area contributed by atoms with E-state index in [1.807, 2.05) is 30.3 Å². The molecule has 5 heteroatoms. The van der Waals surface area contributed by atoms with Gasteiger partial charge in [0.2, 0.25) is 9.84 Å². The number of phenols is 1. The molecular formula is C19H15NO3S. The molecule has 120 valence electrons. The van der Waals surface area contributed by atoms with Crippen molar-refractivity contribution in [2.24, 2.45) is 4.99 Å². The van der Waals surface area contributed by atoms with Crippen molar-refractivity contribution in [2.75, 3.05) is 0 Å². The van der Waals surface area contributed by atoms with Crippen LogP contribution in [0, 0.1) is 0 Å². The first kappa shape index (κ1) is 16.0. The summed E-state index contributed by atoms with van der Waals surface area (Å²) in [6, 6.07) is 21.8. The first-order valence-electron chi connectivity index (χ1n) is 7.30. The molecule has 0 spiro atoms. The smallest absolute Gasteiger partial charge is 0.210 e. The molecule has 0 aliphatic rings. The zero-order valence-electron chi connectivity index (χ0n) is 12.7. The molecule has 0 atom stereocenters. The lowest BCUT2D eigenvalue weighted by atomic mass is 10.2. The van der Waals surface area contributed by atoms with Gasteiger partial charge in [-0.2, -0.15) is 0 Å². The summed E-state index contributed by atoms with van der Waals surface area (Å²) in [5, 5.41) is 10.4. The van der Waals surface area contributed by atoms with E-state index in [0.29, 0.717) is 11.3 Å². The van der Waals surface area contributed by atoms with Crippen molar-refractivity contribution in [1.29, 1.82) is 0 Å². The van der Waals surface area contributed by atoms with Crippen molar-refractivity contribution >= 4 is 21.7 Å². The molecule has 0 aliphatic heterocycles. The van der Waals surface area contributed by atoms with Crippen molar-refractivity contribution in [3.63, 3.8) is 0 Å². The van der Waals surface area contributed by atoms with Crippen LogP contribution >= 0.6 is 0 Å². The number of phenolic OH excluding ortho intramolecular Hbond substituents is 1. The van der Waals surface area contributed by atoms with Crippen molar-refractivity contribution < 1.29 is 13.5 Å². The summed E-state index contributed by atoms with van der Waals surface area (Å²) in [7, 11) is -3.79. The van der Waals surface area contributed by atoms with Crippen molar-refractivity contribution in [1.82, 2.24) is 0 Å². The standard InChI is InChI=1S/C19H15NO3S/c21-19-15(14-20-16-9-3-1-4-10-16)8-7-13-18(19)24(22,23)17-11-5-2-6-12-17/h1-14,21H/b20-14+. The molecule has 0 amide bonds. The monoisotopic (exact) mass is 337 g/mol. The van der Waals surface area contributed by atoms with E-state index in [4.69, 9.17) is 0 Å². The van der Waals surface area contributed by atoms with Gasteiger partial charge in [0.25, 0.3) is 0 Å². The molecule has 3 aromatic carbocycles. The summed E-state index contributed by atoms with van der Waals surface area (Å²) in [5.41, 5.74) is 1.06. The van der Waals surface area contributed by atoms with Crippen LogP contribution in [0.1, 0.15) is 5.56 Å². The Kier molecular flexibility index (Phi) is 4.44. The van der Waals surface area contributed by atoms with Crippen LogP contribution in [0.5, 0.6) is 5.75 Å². The number of nitrogens with zero attached hydrogens (tertiary/aromatic N) is 1. The maximum atomic E-state index is 12.7. The predicted molar refractivity (Wildman–Crippen MR) is 93.7 cm³/mol. The van der Waals surface area contributed by atoms with E-state index < -0.39 is 9.84 Å². The van der Waals surface area contributed by atoms with Crippen LogP contribution in [0.4, 0.5) is 5.69 Å². The number of benzene rings is 3. The molecule has 0 unspecified atom stereocenters. The maximum absolute atomic E-state index is 12.7. The third kappa shape index (κ3) is 3.21. The third-order valence-electron chi connectivity index (χ3n) is 3.48. The Morgan fingerprint density at radius 3 is 2.08 bits per heavy atom. The average molecular weight is 337 g/mol. The van der Waals surface area contributed by atoms with Gasteiger partial charge in [0.15, 0.2) is 0 Å². The minimum atomic E-state index is -3.79. The first-order valence-corrected chi connectivity index (χ1v) is 8.78. The highest BCUT2D eigenvalue weighted by atomic mass is 32.2. The molecule has 0 aromatic heterocycles. The normalized spacial score (nSPS) is 11.7. The topological polar surface area (TPSA) is 66.7 Å². The van der Waals surface area contributed by atoms with Gasteiger partial charge in [0.1, 0.15) is 10.6 Å². The van der Waals surface area contributed by atoms with E-state index in [2.05, 4.69) is 4.99 Å². The molecule has 24 heavy (non-hydrogen) atoms. The SMILES string of the molecule is O=S(=O)(c1ccccc1)c1cccc(/C=N/c2ccccc2)c1O. The van der Waals surface area contributed by atoms with Gasteiger partial charge in [0, 0.05) is 11.8 Å². The highest BCUT2D eigenvalue weighted by molar-refractivity contribution is 7.91. The number of rotatable bonds is 4. The molecule has 1 N–H and O–H groups in total. The number of hydrogen-bond donors (Lipinski definition) is 1. The lowest BCUT2D eigenvalue weighted by Gasteiger charge is -2.08. The molecule has 0 aliphatic carbocycles. The Morgan fingerprint density at radius 1 is 0.792 bits per heavy atom. The van der Waals surface area contributed by atoms with E-state index >= 15 is 0 Å². The van der Waals surface area contributed by atoms with Gasteiger partial charge in [-0.3, -0.25) is 4.99 Å². The lowest BCUT2D eigenvalue weighted by molar-refractivity contribution is 0.458. The van der Waals surface area contributed by atoms with Crippen LogP contribution in [0.3, 0.4) is 0 Å². The van der Waals surface area contributed by atoms with E-state index in [-0.39, 0.29) is 15.5 Å². The van der Waals surface area contributed by atoms with Crippen LogP contribution in [0.2, 0.25) is 0 Å². The molecule has 0 bridgehead atoms. The second kappa shape index (κ2) is 6.68. The Bertz CT molecular complexity index is 966. The molecule has 0 radical (unpaired) electrons. The number of para-hydroxylation sites is 2. The Morgan fingerprint density at radius 2 is 1.42 bits per heavy atom. The molecule has 3 rings (SSSR count). The predicted octanol–water partition coefficient (Wildman–Crippen LogP) is 3.98. The Labute approximate surface area is 140 Å². The molecule has 3 aromatic rings. The minimum Gasteiger partial charge on any atom is -0.506 e. The fraction of sp³-hybridized carbons (Fsp3) is 0. The van der Waals surface area contributed by atoms with Gasteiger partial charge in [-0.25, -0.2) is 8.42 Å². The van der Waals surface area contributed by atoms with Crippen LogP contribution in [0.25, 0.3) is 0 Å². The lowest BCUT2D eigenvalue weighted by Crippen LogP contribution is -2.03. The maximum Gasteiger partial charge on any atom is 0.210 e. The molecular weight excluding hydrogens is 322 g/mol. The summed E-state index contributed by atoms with van der Waals surface area (Å²) in [6.07, 6.45) is 1.45. The van der Waals surface area contributed by atoms with Gasteiger partial charge in [-0.1, -0.05) is 42.5 Å². The summed E-state index contributed by atoms with van der Waals surface area (Å²) >= 11 is 0. The van der Waals surface area contributed by atoms with Gasteiger partial charge >= 0.3 is 0 Å². The highest BCUT2D eigenvalue weighted by Crippen LogP contribution is 2.30. The molecule has 4 nitrogen and oxygen atoms in total. The number of hydrogen-bond acceptors (Lipinski definition) is 4. The van der Waals surface area contributed by atoms with Crippen LogP contribution in [-0.4, -0.2) is 19.7 Å². The molecule has 0 heterocycles. The molecule has 0 saturated heterocycles. The fourth-order valence-electron chi connectivity index (χ4n) is 2.25. The zero-order valence-corrected chi connectivity index (χ0v) is 13.5. The Balaban J connectivity index is 2.02. The van der Waals surface area contributed by atoms with Crippen LogP contribution in [-0.2, 0) is 9.84 Å². The number of aliphatic imine (C=N–C) groups is 1. The van der Waals surface area contributed by atoms with Gasteiger partial charge < -0.3 is 5.11 Å². The van der Waals surface area contributed by atoms with Gasteiger partial charge in [0.05, 0.1) is 10.6 Å². The molecule has 0 fully saturated rings. The largest absolute Gasteiger partial charge is 0.506 e. The minimum absolute atomic E-state index is 0.134. The summed E-state index contributed by atoms with van der Waals surface area (Å²) in [5.74, 6) is -0.305. The first-order chi connectivity index (χ1) is 11.6. The van der Waals surface area contributed by atoms with Crippen LogP contribution < -0.4 is 0 Å². The fourth-order valence-corrected chi connectivity index (χ4v) is 3.64. The van der Waals surface area contributed by atoms with Crippen molar-refractivity contribution in [2.45, 2.75) is 9.79 Å². The second-order valence-corrected chi connectivity index (χ2v) is 7.02. The van der Waals surface area contributed by atoms with Crippen molar-refractivity contribution in [3.8, 4) is 5.75 Å². The molecule has 0 saturated carbocycles. The average Bonchev–Trinajstić information content (AvgIpc) is 2.62. The number of sulfone groups is 1. The summed E-state index contributed by atoms with van der Waals surface area (Å²) in [6.45, 7) is 0. The third-order valence-corrected chi connectivity index (χ3v) is 5.28. The zero-order chi connectivity index (χ0) is 17.0. The van der Waals surface area contributed by atoms with Crippen LogP contribution in [0.15, 0.2) is 93.6 Å². The second-order valence-electron chi connectivity index (χ2n) is 5.10. The highest BCUT2D eigenvalue weighted by Gasteiger charge is 2.22. The van der Waals surface area contributed by atoms with Gasteiger partial charge in [-0.05, 0) is 36.4 Å². The van der Waals surface area contributed by atoms with E-state index in [0.717, 1.165) is 0 Å². The van der Waals surface area contributed by atoms with E-state index in [1.54, 1.807) is 30.3 Å². The van der Waals surface area contributed by atoms with Crippen molar-refractivity contribution in [3.05, 3.63) is 84.4 Å². The summed E-state index contributed by atoms with van der Waals surface area (Å²) < 4.78 is 25.4.